The van der Waals surface area contributed by atoms with Crippen molar-refractivity contribution in [1.82, 2.24) is 20.9 Å². The predicted molar refractivity (Wildman–Crippen MR) is 180 cm³/mol. The average molecular weight is 615 g/mol. The third-order valence-corrected chi connectivity index (χ3v) is 8.70. The van der Waals surface area contributed by atoms with E-state index >= 15 is 0 Å². The molecule has 1 fully saturated rings. The normalized spacial score (nSPS) is 16.1. The van der Waals surface area contributed by atoms with Gasteiger partial charge in [-0.2, -0.15) is 0 Å². The number of fused-ring (bicyclic) bond motifs is 1. The Hall–Kier alpha value is -3.75. The molecule has 0 aromatic heterocycles. The molecule has 3 atom stereocenters. The van der Waals surface area contributed by atoms with Crippen molar-refractivity contribution in [3.63, 3.8) is 0 Å². The molecule has 8 heteroatoms. The fourth-order valence-corrected chi connectivity index (χ4v) is 5.98. The Morgan fingerprint density at radius 1 is 0.911 bits per heavy atom. The van der Waals surface area contributed by atoms with E-state index in [1.807, 2.05) is 69.3 Å². The van der Waals surface area contributed by atoms with Crippen LogP contribution in [0.2, 0.25) is 0 Å². The topological polar surface area (TPSA) is 99.8 Å². The van der Waals surface area contributed by atoms with E-state index in [-0.39, 0.29) is 29.7 Å². The second kappa shape index (κ2) is 17.7. The maximum Gasteiger partial charge on any atom is 0.243 e. The van der Waals surface area contributed by atoms with Gasteiger partial charge in [0.1, 0.15) is 12.1 Å². The van der Waals surface area contributed by atoms with Crippen molar-refractivity contribution in [2.45, 2.75) is 84.1 Å². The molecule has 3 N–H and O–H groups in total. The smallest absolute Gasteiger partial charge is 0.243 e. The van der Waals surface area contributed by atoms with E-state index in [9.17, 15) is 14.4 Å². The minimum atomic E-state index is -0.747. The molecular formula is C37H50N4O4. The first-order chi connectivity index (χ1) is 21.9. The van der Waals surface area contributed by atoms with Gasteiger partial charge < -0.3 is 25.6 Å². The van der Waals surface area contributed by atoms with Crippen molar-refractivity contribution in [3.8, 4) is 0 Å². The van der Waals surface area contributed by atoms with Gasteiger partial charge in [-0.05, 0) is 67.5 Å². The lowest BCUT2D eigenvalue weighted by Gasteiger charge is -2.29. The van der Waals surface area contributed by atoms with Gasteiger partial charge in [0.05, 0.1) is 12.7 Å². The summed E-state index contributed by atoms with van der Waals surface area (Å²) < 4.78 is 5.92. The van der Waals surface area contributed by atoms with Crippen molar-refractivity contribution in [3.05, 3.63) is 83.9 Å². The molecule has 0 spiro atoms. The van der Waals surface area contributed by atoms with E-state index in [1.54, 1.807) is 4.90 Å². The van der Waals surface area contributed by atoms with Crippen LogP contribution in [0.4, 0.5) is 0 Å². The van der Waals surface area contributed by atoms with Gasteiger partial charge in [0.15, 0.2) is 0 Å². The van der Waals surface area contributed by atoms with E-state index in [0.29, 0.717) is 32.5 Å². The Balaban J connectivity index is 1.31. The van der Waals surface area contributed by atoms with Gasteiger partial charge in [-0.25, -0.2) is 0 Å². The van der Waals surface area contributed by atoms with Gasteiger partial charge in [0.25, 0.3) is 0 Å². The summed E-state index contributed by atoms with van der Waals surface area (Å²) in [5, 5.41) is 11.7. The number of hydrogen-bond donors (Lipinski definition) is 3. The third kappa shape index (κ3) is 10.1. The number of carbonyl (C=O) groups excluding carboxylic acids is 3. The summed E-state index contributed by atoms with van der Waals surface area (Å²) >= 11 is 0. The van der Waals surface area contributed by atoms with Crippen LogP contribution in [-0.2, 0) is 32.1 Å². The van der Waals surface area contributed by atoms with Crippen LogP contribution >= 0.6 is 0 Å². The van der Waals surface area contributed by atoms with Crippen molar-refractivity contribution in [1.29, 1.82) is 0 Å². The third-order valence-electron chi connectivity index (χ3n) is 8.70. The highest BCUT2D eigenvalue weighted by atomic mass is 16.5. The van der Waals surface area contributed by atoms with Crippen LogP contribution in [-0.4, -0.2) is 67.0 Å². The number of amides is 3. The molecule has 0 radical (unpaired) electrons. The monoisotopic (exact) mass is 614 g/mol. The number of ether oxygens (including phenoxy) is 1. The maximum atomic E-state index is 13.6. The summed E-state index contributed by atoms with van der Waals surface area (Å²) in [5.74, 6) is -0.506. The lowest BCUT2D eigenvalue weighted by Crippen LogP contribution is -2.54. The average Bonchev–Trinajstić information content (AvgIpc) is 3.56. The van der Waals surface area contributed by atoms with E-state index in [1.165, 1.54) is 0 Å². The lowest BCUT2D eigenvalue weighted by atomic mass is 10.00. The Bertz CT molecular complexity index is 1380. The summed E-state index contributed by atoms with van der Waals surface area (Å²) in [6, 6.07) is 23.1. The van der Waals surface area contributed by atoms with Crippen LogP contribution < -0.4 is 16.0 Å². The maximum absolute atomic E-state index is 13.6. The second-order valence-corrected chi connectivity index (χ2v) is 12.1. The Labute approximate surface area is 268 Å². The first-order valence-electron chi connectivity index (χ1n) is 16.6. The van der Waals surface area contributed by atoms with Crippen LogP contribution in [0, 0.1) is 5.92 Å². The standard InChI is InChI=1S/C37H50N4O4/c1-4-30(5-2)37(44)41-22-11-17-34(41)36(43)40-33(24-29-18-19-31-15-9-10-16-32(31)23-29)35(42)39-21-12-20-38-25-27(3)45-26-28-13-7-6-8-14-28/h6-10,13-16,18-19,23,27,30,33-34,38H,4-5,11-12,17,20-22,24-26H2,1-3H3,(H,39,42)(H,40,43). The predicted octanol–water partition coefficient (Wildman–Crippen LogP) is 5.00. The largest absolute Gasteiger partial charge is 0.373 e. The SMILES string of the molecule is CCC(CC)C(=O)N1CCCC1C(=O)NC(Cc1ccc2ccccc2c1)C(=O)NCCCNCC(C)OCc1ccccc1. The first-order valence-corrected chi connectivity index (χ1v) is 16.6. The molecule has 1 heterocycles. The summed E-state index contributed by atoms with van der Waals surface area (Å²) in [6.45, 7) is 9.16. The fourth-order valence-electron chi connectivity index (χ4n) is 5.98. The highest BCUT2D eigenvalue weighted by Gasteiger charge is 2.37. The molecule has 0 saturated carbocycles. The van der Waals surface area contributed by atoms with Gasteiger partial charge in [-0.15, -0.1) is 0 Å². The number of likely N-dealkylation sites (tertiary alicyclic amines) is 1. The summed E-state index contributed by atoms with van der Waals surface area (Å²) in [7, 11) is 0. The number of rotatable bonds is 17. The van der Waals surface area contributed by atoms with Crippen LogP contribution in [0.1, 0.15) is 64.0 Å². The molecular weight excluding hydrogens is 564 g/mol. The highest BCUT2D eigenvalue weighted by molar-refractivity contribution is 5.93. The van der Waals surface area contributed by atoms with Gasteiger partial charge in [0, 0.05) is 32.0 Å². The van der Waals surface area contributed by atoms with Crippen molar-refractivity contribution >= 4 is 28.5 Å². The fraction of sp³-hybridized carbons (Fsp3) is 0.486. The Morgan fingerprint density at radius 3 is 2.40 bits per heavy atom. The molecule has 8 nitrogen and oxygen atoms in total. The number of hydrogen-bond acceptors (Lipinski definition) is 5. The number of benzene rings is 3. The zero-order valence-corrected chi connectivity index (χ0v) is 27.1. The Morgan fingerprint density at radius 2 is 1.64 bits per heavy atom. The molecule has 0 bridgehead atoms. The molecule has 3 aromatic carbocycles. The van der Waals surface area contributed by atoms with Crippen LogP contribution in [0.15, 0.2) is 72.8 Å². The molecule has 1 saturated heterocycles. The van der Waals surface area contributed by atoms with E-state index < -0.39 is 12.1 Å². The molecule has 1 aliphatic rings. The van der Waals surface area contributed by atoms with Crippen LogP contribution in [0.25, 0.3) is 10.8 Å². The van der Waals surface area contributed by atoms with Crippen molar-refractivity contribution in [2.24, 2.45) is 5.92 Å². The highest BCUT2D eigenvalue weighted by Crippen LogP contribution is 2.23. The minimum absolute atomic E-state index is 0.0421. The molecule has 1 aliphatic heterocycles. The van der Waals surface area contributed by atoms with E-state index in [0.717, 1.165) is 60.7 Å². The molecule has 3 amide bonds. The van der Waals surface area contributed by atoms with Gasteiger partial charge >= 0.3 is 0 Å². The van der Waals surface area contributed by atoms with Crippen LogP contribution in [0.5, 0.6) is 0 Å². The van der Waals surface area contributed by atoms with Crippen molar-refractivity contribution in [2.75, 3.05) is 26.2 Å². The summed E-state index contributed by atoms with van der Waals surface area (Å²) in [6.07, 6.45) is 4.07. The molecule has 4 rings (SSSR count). The lowest BCUT2D eigenvalue weighted by molar-refractivity contribution is -0.142. The zero-order chi connectivity index (χ0) is 32.0. The van der Waals surface area contributed by atoms with Gasteiger partial charge in [-0.3, -0.25) is 14.4 Å². The van der Waals surface area contributed by atoms with Crippen molar-refractivity contribution < 1.29 is 19.1 Å². The van der Waals surface area contributed by atoms with Gasteiger partial charge in [0.2, 0.25) is 17.7 Å². The molecule has 242 valence electrons. The Kier molecular flexibility index (Phi) is 13.4. The first kappa shape index (κ1) is 34.1. The molecule has 3 unspecified atom stereocenters. The van der Waals surface area contributed by atoms with E-state index in [2.05, 4.69) is 40.2 Å². The van der Waals surface area contributed by atoms with Gasteiger partial charge in [-0.1, -0.05) is 86.6 Å². The number of carbonyl (C=O) groups is 3. The minimum Gasteiger partial charge on any atom is -0.373 e. The summed E-state index contributed by atoms with van der Waals surface area (Å²) in [4.78, 5) is 42.0. The zero-order valence-electron chi connectivity index (χ0n) is 27.1. The molecule has 0 aliphatic carbocycles. The summed E-state index contributed by atoms with van der Waals surface area (Å²) in [5.41, 5.74) is 2.12. The number of nitrogens with one attached hydrogen (secondary N) is 3. The number of nitrogens with zero attached hydrogens (tertiary/aromatic N) is 1. The quantitative estimate of drug-likeness (QED) is 0.186. The van der Waals surface area contributed by atoms with E-state index in [4.69, 9.17) is 4.74 Å². The molecule has 3 aromatic rings. The second-order valence-electron chi connectivity index (χ2n) is 12.1. The van der Waals surface area contributed by atoms with Crippen LogP contribution in [0.3, 0.4) is 0 Å². The molecule has 45 heavy (non-hydrogen) atoms.